The maximum absolute atomic E-state index is 10.9. The van der Waals surface area contributed by atoms with Gasteiger partial charge in [0, 0.05) is 0 Å². The van der Waals surface area contributed by atoms with Crippen LogP contribution in [0.4, 0.5) is 0 Å². The molecule has 6 heteroatoms. The van der Waals surface area contributed by atoms with Crippen LogP contribution in [0.5, 0.6) is 0 Å². The standard InChI is InChI=1S/C8H12N2O2S2/c1-4(2)6(7(11)12)13-8-9-5(3)10-14-8/h4,6H,1-3H3,(H,11,12). The minimum absolute atomic E-state index is 0.0849. The summed E-state index contributed by atoms with van der Waals surface area (Å²) < 4.78 is 4.73. The van der Waals surface area contributed by atoms with Crippen LogP contribution in [0.2, 0.25) is 0 Å². The fourth-order valence-electron chi connectivity index (χ4n) is 0.906. The average Bonchev–Trinajstić information content (AvgIpc) is 2.46. The Balaban J connectivity index is 2.69. The van der Waals surface area contributed by atoms with Gasteiger partial charge < -0.3 is 5.11 Å². The molecule has 0 aromatic carbocycles. The SMILES string of the molecule is Cc1nsc(SC(C(=O)O)C(C)C)n1. The predicted molar refractivity (Wildman–Crippen MR) is 56.8 cm³/mol. The second-order valence-corrected chi connectivity index (χ2v) is 5.37. The van der Waals surface area contributed by atoms with E-state index in [1.54, 1.807) is 6.92 Å². The number of aliphatic carboxylic acids is 1. The molecule has 1 N–H and O–H groups in total. The average molecular weight is 232 g/mol. The third kappa shape index (κ3) is 2.95. The molecule has 0 aliphatic rings. The van der Waals surface area contributed by atoms with E-state index in [9.17, 15) is 4.79 Å². The highest BCUT2D eigenvalue weighted by atomic mass is 32.2. The van der Waals surface area contributed by atoms with Gasteiger partial charge in [-0.3, -0.25) is 4.79 Å². The Hall–Kier alpha value is -0.620. The zero-order valence-corrected chi connectivity index (χ0v) is 9.85. The van der Waals surface area contributed by atoms with Crippen molar-refractivity contribution in [2.75, 3.05) is 0 Å². The van der Waals surface area contributed by atoms with Crippen LogP contribution in [-0.4, -0.2) is 25.7 Å². The number of thioether (sulfide) groups is 1. The van der Waals surface area contributed by atoms with E-state index >= 15 is 0 Å². The van der Waals surface area contributed by atoms with Gasteiger partial charge >= 0.3 is 5.97 Å². The molecule has 0 fully saturated rings. The lowest BCUT2D eigenvalue weighted by molar-refractivity contribution is -0.137. The summed E-state index contributed by atoms with van der Waals surface area (Å²) in [6, 6.07) is 0. The molecule has 1 atom stereocenters. The first-order valence-electron chi connectivity index (χ1n) is 4.20. The van der Waals surface area contributed by atoms with Gasteiger partial charge in [-0.05, 0) is 24.4 Å². The highest BCUT2D eigenvalue weighted by Gasteiger charge is 2.24. The predicted octanol–water partition coefficient (Wildman–Crippen LogP) is 2.05. The van der Waals surface area contributed by atoms with Crippen molar-refractivity contribution in [3.05, 3.63) is 5.82 Å². The van der Waals surface area contributed by atoms with Gasteiger partial charge in [0.25, 0.3) is 0 Å². The number of hydrogen-bond donors (Lipinski definition) is 1. The van der Waals surface area contributed by atoms with Crippen LogP contribution in [0.15, 0.2) is 4.34 Å². The Bertz CT molecular complexity index is 325. The van der Waals surface area contributed by atoms with Crippen LogP contribution >= 0.6 is 23.3 Å². The van der Waals surface area contributed by atoms with E-state index in [1.807, 2.05) is 13.8 Å². The Kier molecular flexibility index (Phi) is 3.88. The van der Waals surface area contributed by atoms with E-state index < -0.39 is 11.2 Å². The Labute approximate surface area is 90.9 Å². The molecule has 1 rings (SSSR count). The summed E-state index contributed by atoms with van der Waals surface area (Å²) in [4.78, 5) is 15.0. The largest absolute Gasteiger partial charge is 0.480 e. The second kappa shape index (κ2) is 4.75. The van der Waals surface area contributed by atoms with Gasteiger partial charge in [-0.1, -0.05) is 25.6 Å². The molecule has 0 aliphatic heterocycles. The molecule has 0 bridgehead atoms. The molecular formula is C8H12N2O2S2. The van der Waals surface area contributed by atoms with Crippen LogP contribution in [-0.2, 0) is 4.79 Å². The first-order valence-corrected chi connectivity index (χ1v) is 5.85. The number of hydrogen-bond acceptors (Lipinski definition) is 5. The molecule has 1 heterocycles. The molecule has 4 nitrogen and oxygen atoms in total. The maximum Gasteiger partial charge on any atom is 0.317 e. The van der Waals surface area contributed by atoms with Crippen LogP contribution in [0.1, 0.15) is 19.7 Å². The topological polar surface area (TPSA) is 63.1 Å². The fourth-order valence-corrected chi connectivity index (χ4v) is 2.70. The van der Waals surface area contributed by atoms with Crippen LogP contribution in [0.25, 0.3) is 0 Å². The number of carboxylic acid groups (broad SMARTS) is 1. The number of nitrogens with zero attached hydrogens (tertiary/aromatic N) is 2. The maximum atomic E-state index is 10.9. The molecule has 0 radical (unpaired) electrons. The summed E-state index contributed by atoms with van der Waals surface area (Å²) in [6.07, 6.45) is 0. The quantitative estimate of drug-likeness (QED) is 0.805. The number of carbonyl (C=O) groups is 1. The molecule has 1 aromatic heterocycles. The monoisotopic (exact) mass is 232 g/mol. The van der Waals surface area contributed by atoms with Crippen molar-refractivity contribution in [2.24, 2.45) is 5.92 Å². The minimum atomic E-state index is -0.794. The highest BCUT2D eigenvalue weighted by molar-refractivity contribution is 8.02. The highest BCUT2D eigenvalue weighted by Crippen LogP contribution is 2.29. The summed E-state index contributed by atoms with van der Waals surface area (Å²) >= 11 is 2.52. The van der Waals surface area contributed by atoms with Crippen LogP contribution < -0.4 is 0 Å². The Morgan fingerprint density at radius 1 is 1.57 bits per heavy atom. The minimum Gasteiger partial charge on any atom is -0.480 e. The van der Waals surface area contributed by atoms with Crippen LogP contribution in [0.3, 0.4) is 0 Å². The molecule has 14 heavy (non-hydrogen) atoms. The van der Waals surface area contributed by atoms with E-state index in [0.717, 1.165) is 4.34 Å². The lowest BCUT2D eigenvalue weighted by Gasteiger charge is -2.12. The smallest absolute Gasteiger partial charge is 0.317 e. The van der Waals surface area contributed by atoms with Crippen molar-refractivity contribution in [1.29, 1.82) is 0 Å². The Morgan fingerprint density at radius 2 is 2.21 bits per heavy atom. The lowest BCUT2D eigenvalue weighted by Crippen LogP contribution is -2.22. The van der Waals surface area contributed by atoms with Crippen molar-refractivity contribution in [1.82, 2.24) is 9.36 Å². The van der Waals surface area contributed by atoms with Gasteiger partial charge in [0.2, 0.25) is 0 Å². The molecule has 0 saturated heterocycles. The molecule has 0 amide bonds. The summed E-state index contributed by atoms with van der Waals surface area (Å²) in [5, 5.41) is 8.51. The van der Waals surface area contributed by atoms with E-state index in [4.69, 9.17) is 5.11 Å². The van der Waals surface area contributed by atoms with Gasteiger partial charge in [0.15, 0.2) is 4.34 Å². The summed E-state index contributed by atoms with van der Waals surface area (Å²) in [5.41, 5.74) is 0. The zero-order chi connectivity index (χ0) is 10.7. The molecule has 0 saturated carbocycles. The Morgan fingerprint density at radius 3 is 2.57 bits per heavy atom. The number of aromatic nitrogens is 2. The normalized spacial score (nSPS) is 13.1. The van der Waals surface area contributed by atoms with E-state index in [-0.39, 0.29) is 5.92 Å². The van der Waals surface area contributed by atoms with Crippen molar-refractivity contribution >= 4 is 29.3 Å². The molecule has 1 unspecified atom stereocenters. The third-order valence-corrected chi connectivity index (χ3v) is 3.99. The summed E-state index contributed by atoms with van der Waals surface area (Å²) in [6.45, 7) is 5.57. The summed E-state index contributed by atoms with van der Waals surface area (Å²) in [5.74, 6) is -0.00930. The number of carboxylic acids is 1. The van der Waals surface area contributed by atoms with Crippen molar-refractivity contribution < 1.29 is 9.90 Å². The van der Waals surface area contributed by atoms with Crippen molar-refractivity contribution in [3.63, 3.8) is 0 Å². The molecule has 0 spiro atoms. The second-order valence-electron chi connectivity index (χ2n) is 3.23. The van der Waals surface area contributed by atoms with Gasteiger partial charge in [-0.15, -0.1) is 0 Å². The van der Waals surface area contributed by atoms with Gasteiger partial charge in [-0.2, -0.15) is 4.37 Å². The number of aryl methyl sites for hydroxylation is 1. The molecule has 1 aromatic rings. The van der Waals surface area contributed by atoms with E-state index in [2.05, 4.69) is 9.36 Å². The lowest BCUT2D eigenvalue weighted by atomic mass is 10.1. The fraction of sp³-hybridized carbons (Fsp3) is 0.625. The zero-order valence-electron chi connectivity index (χ0n) is 8.22. The van der Waals surface area contributed by atoms with Crippen LogP contribution in [0, 0.1) is 12.8 Å². The van der Waals surface area contributed by atoms with Gasteiger partial charge in [0.05, 0.1) is 0 Å². The van der Waals surface area contributed by atoms with Crippen molar-refractivity contribution in [2.45, 2.75) is 30.4 Å². The van der Waals surface area contributed by atoms with Gasteiger partial charge in [0.1, 0.15) is 11.1 Å². The number of rotatable bonds is 4. The van der Waals surface area contributed by atoms with Crippen molar-refractivity contribution in [3.8, 4) is 0 Å². The van der Waals surface area contributed by atoms with Gasteiger partial charge in [-0.25, -0.2) is 4.98 Å². The first kappa shape index (κ1) is 11.5. The van der Waals surface area contributed by atoms with E-state index in [0.29, 0.717) is 5.82 Å². The summed E-state index contributed by atoms with van der Waals surface area (Å²) in [7, 11) is 0. The molecule has 0 aliphatic carbocycles. The molecule has 78 valence electrons. The first-order chi connectivity index (χ1) is 6.50. The third-order valence-electron chi connectivity index (χ3n) is 1.59. The molecular weight excluding hydrogens is 220 g/mol. The van der Waals surface area contributed by atoms with E-state index in [1.165, 1.54) is 23.3 Å².